The molecule has 0 radical (unpaired) electrons. The molecule has 0 saturated carbocycles. The van der Waals surface area contributed by atoms with Crippen LogP contribution in [0.15, 0.2) is 47.5 Å². The Bertz CT molecular complexity index is 802. The second-order valence-electron chi connectivity index (χ2n) is 6.81. The topological polar surface area (TPSA) is 71.1 Å². The quantitative estimate of drug-likeness (QED) is 0.857. The maximum Gasteiger partial charge on any atom is 0.175 e. The van der Waals surface area contributed by atoms with Gasteiger partial charge in [0, 0.05) is 30.6 Å². The zero-order valence-corrected chi connectivity index (χ0v) is 15.5. The molecular weight excluding hydrogens is 334 g/mol. The highest BCUT2D eigenvalue weighted by molar-refractivity contribution is 7.90. The number of aromatic nitrogens is 1. The highest BCUT2D eigenvalue weighted by Crippen LogP contribution is 2.20. The molecule has 0 amide bonds. The molecule has 2 unspecified atom stereocenters. The van der Waals surface area contributed by atoms with E-state index in [1.54, 1.807) is 24.3 Å². The van der Waals surface area contributed by atoms with E-state index in [0.717, 1.165) is 42.9 Å². The molecule has 1 aliphatic rings. The Labute approximate surface area is 149 Å². The molecule has 1 saturated heterocycles. The molecule has 0 aliphatic carbocycles. The van der Waals surface area contributed by atoms with Crippen molar-refractivity contribution < 1.29 is 8.42 Å². The largest absolute Gasteiger partial charge is 0.316 e. The first-order chi connectivity index (χ1) is 11.9. The van der Waals surface area contributed by atoms with Crippen molar-refractivity contribution in [2.75, 3.05) is 19.3 Å². The average Bonchev–Trinajstić information content (AvgIpc) is 2.61. The summed E-state index contributed by atoms with van der Waals surface area (Å²) in [7, 11) is -3.16. The van der Waals surface area contributed by atoms with Crippen LogP contribution in [0.25, 0.3) is 11.3 Å². The van der Waals surface area contributed by atoms with Crippen molar-refractivity contribution in [3.8, 4) is 11.3 Å². The number of hydrogen-bond donors (Lipinski definition) is 2. The molecule has 1 fully saturated rings. The van der Waals surface area contributed by atoms with Crippen molar-refractivity contribution in [1.29, 1.82) is 0 Å². The summed E-state index contributed by atoms with van der Waals surface area (Å²) < 4.78 is 23.0. The van der Waals surface area contributed by atoms with E-state index in [2.05, 4.69) is 28.6 Å². The number of hydrogen-bond acceptors (Lipinski definition) is 5. The van der Waals surface area contributed by atoms with Crippen LogP contribution in [0.1, 0.15) is 18.9 Å². The Morgan fingerprint density at radius 1 is 1.20 bits per heavy atom. The van der Waals surface area contributed by atoms with E-state index >= 15 is 0 Å². The Morgan fingerprint density at radius 2 is 1.96 bits per heavy atom. The molecule has 2 atom stereocenters. The lowest BCUT2D eigenvalue weighted by atomic mass is 9.95. The molecule has 2 N–H and O–H groups in total. The lowest BCUT2D eigenvalue weighted by Gasteiger charge is -2.30. The van der Waals surface area contributed by atoms with E-state index in [-0.39, 0.29) is 0 Å². The fourth-order valence-corrected chi connectivity index (χ4v) is 3.77. The van der Waals surface area contributed by atoms with Crippen molar-refractivity contribution in [3.05, 3.63) is 48.2 Å². The van der Waals surface area contributed by atoms with Crippen molar-refractivity contribution in [1.82, 2.24) is 15.6 Å². The standard InChI is InChI=1S/C19H25N3O2S/c1-14-11-20-10-9-18(14)21-12-15-3-8-19(22-13-15)16-4-6-17(7-5-16)25(2,23)24/h3-8,13-14,18,20-21H,9-12H2,1-2H3. The summed E-state index contributed by atoms with van der Waals surface area (Å²) >= 11 is 0. The molecule has 0 bridgehead atoms. The third-order valence-electron chi connectivity index (χ3n) is 4.76. The number of nitrogens with zero attached hydrogens (tertiary/aromatic N) is 1. The molecule has 1 aliphatic heterocycles. The van der Waals surface area contributed by atoms with Gasteiger partial charge in [0.15, 0.2) is 9.84 Å². The molecule has 1 aromatic carbocycles. The van der Waals surface area contributed by atoms with E-state index in [0.29, 0.717) is 16.9 Å². The first-order valence-electron chi connectivity index (χ1n) is 8.63. The van der Waals surface area contributed by atoms with Gasteiger partial charge in [-0.1, -0.05) is 25.1 Å². The minimum atomic E-state index is -3.16. The van der Waals surface area contributed by atoms with Crippen LogP contribution in [-0.4, -0.2) is 38.8 Å². The zero-order valence-electron chi connectivity index (χ0n) is 14.7. The summed E-state index contributed by atoms with van der Waals surface area (Å²) in [5.41, 5.74) is 2.92. The SMILES string of the molecule is CC1CNCCC1NCc1ccc(-c2ccc(S(C)(=O)=O)cc2)nc1. The van der Waals surface area contributed by atoms with Gasteiger partial charge in [0.2, 0.25) is 0 Å². The van der Waals surface area contributed by atoms with Crippen LogP contribution < -0.4 is 10.6 Å². The third kappa shape index (κ3) is 4.66. The van der Waals surface area contributed by atoms with Gasteiger partial charge in [-0.2, -0.15) is 0 Å². The predicted molar refractivity (Wildman–Crippen MR) is 100 cm³/mol. The summed E-state index contributed by atoms with van der Waals surface area (Å²) in [5.74, 6) is 0.634. The summed E-state index contributed by atoms with van der Waals surface area (Å²) in [5, 5.41) is 7.04. The molecule has 5 nitrogen and oxygen atoms in total. The lowest BCUT2D eigenvalue weighted by molar-refractivity contribution is 0.295. The van der Waals surface area contributed by atoms with Crippen molar-refractivity contribution in [2.45, 2.75) is 30.8 Å². The van der Waals surface area contributed by atoms with Crippen LogP contribution in [0.2, 0.25) is 0 Å². The Hall–Kier alpha value is -1.76. The Balaban J connectivity index is 1.64. The molecule has 0 spiro atoms. The molecule has 134 valence electrons. The second-order valence-corrected chi connectivity index (χ2v) is 8.82. The van der Waals surface area contributed by atoms with Crippen LogP contribution in [0.3, 0.4) is 0 Å². The second kappa shape index (κ2) is 7.64. The van der Waals surface area contributed by atoms with Crippen molar-refractivity contribution in [3.63, 3.8) is 0 Å². The van der Waals surface area contributed by atoms with Gasteiger partial charge in [0.05, 0.1) is 10.6 Å². The minimum Gasteiger partial charge on any atom is -0.316 e. The first kappa shape index (κ1) is 18.0. The highest BCUT2D eigenvalue weighted by Gasteiger charge is 2.20. The maximum atomic E-state index is 11.5. The average molecular weight is 359 g/mol. The van der Waals surface area contributed by atoms with Crippen LogP contribution in [0.4, 0.5) is 0 Å². The summed E-state index contributed by atoms with van der Waals surface area (Å²) in [6.45, 7) is 5.22. The Morgan fingerprint density at radius 3 is 2.56 bits per heavy atom. The third-order valence-corrected chi connectivity index (χ3v) is 5.89. The number of rotatable bonds is 5. The number of piperidine rings is 1. The highest BCUT2D eigenvalue weighted by atomic mass is 32.2. The molecule has 1 aromatic heterocycles. The molecule has 2 aromatic rings. The number of benzene rings is 1. The van der Waals surface area contributed by atoms with Gasteiger partial charge in [-0.05, 0) is 49.2 Å². The predicted octanol–water partition coefficient (Wildman–Crippen LogP) is 2.24. The van der Waals surface area contributed by atoms with Crippen molar-refractivity contribution >= 4 is 9.84 Å². The van der Waals surface area contributed by atoms with E-state index in [4.69, 9.17) is 0 Å². The molecule has 2 heterocycles. The number of sulfone groups is 1. The van der Waals surface area contributed by atoms with Gasteiger partial charge in [-0.3, -0.25) is 4.98 Å². The van der Waals surface area contributed by atoms with Gasteiger partial charge in [-0.15, -0.1) is 0 Å². The fourth-order valence-electron chi connectivity index (χ4n) is 3.14. The monoisotopic (exact) mass is 359 g/mol. The van der Waals surface area contributed by atoms with E-state index in [1.165, 1.54) is 6.26 Å². The smallest absolute Gasteiger partial charge is 0.175 e. The van der Waals surface area contributed by atoms with Gasteiger partial charge in [-0.25, -0.2) is 8.42 Å². The molecule has 3 rings (SSSR count). The number of nitrogens with one attached hydrogen (secondary N) is 2. The number of pyridine rings is 1. The van der Waals surface area contributed by atoms with Gasteiger partial charge < -0.3 is 10.6 Å². The van der Waals surface area contributed by atoms with E-state index < -0.39 is 9.84 Å². The summed E-state index contributed by atoms with van der Waals surface area (Å²) in [6.07, 6.45) is 4.25. The van der Waals surface area contributed by atoms with Gasteiger partial charge >= 0.3 is 0 Å². The minimum absolute atomic E-state index is 0.327. The maximum absolute atomic E-state index is 11.5. The fraction of sp³-hybridized carbons (Fsp3) is 0.421. The van der Waals surface area contributed by atoms with Crippen LogP contribution in [-0.2, 0) is 16.4 Å². The molecule has 6 heteroatoms. The van der Waals surface area contributed by atoms with Crippen LogP contribution >= 0.6 is 0 Å². The van der Waals surface area contributed by atoms with Gasteiger partial charge in [0.1, 0.15) is 0 Å². The van der Waals surface area contributed by atoms with Crippen molar-refractivity contribution in [2.24, 2.45) is 5.92 Å². The zero-order chi connectivity index (χ0) is 17.9. The van der Waals surface area contributed by atoms with E-state index in [1.807, 2.05) is 12.3 Å². The van der Waals surface area contributed by atoms with Crippen LogP contribution in [0.5, 0.6) is 0 Å². The van der Waals surface area contributed by atoms with Gasteiger partial charge in [0.25, 0.3) is 0 Å². The van der Waals surface area contributed by atoms with Crippen LogP contribution in [0, 0.1) is 5.92 Å². The van der Waals surface area contributed by atoms with E-state index in [9.17, 15) is 8.42 Å². The molecular formula is C19H25N3O2S. The summed E-state index contributed by atoms with van der Waals surface area (Å²) in [6, 6.07) is 11.5. The first-order valence-corrected chi connectivity index (χ1v) is 10.5. The summed E-state index contributed by atoms with van der Waals surface area (Å²) in [4.78, 5) is 4.85. The normalized spacial score (nSPS) is 21.2. The molecule has 25 heavy (non-hydrogen) atoms. The lowest BCUT2D eigenvalue weighted by Crippen LogP contribution is -2.46. The Kier molecular flexibility index (Phi) is 5.51.